The number of carbonyl (C=O) groups excluding carboxylic acids is 3. The zero-order valence-electron chi connectivity index (χ0n) is 27.0. The highest BCUT2D eigenvalue weighted by molar-refractivity contribution is 5.82. The lowest BCUT2D eigenvalue weighted by Gasteiger charge is -2.29. The van der Waals surface area contributed by atoms with Crippen LogP contribution in [0.3, 0.4) is 0 Å². The maximum absolute atomic E-state index is 12.3. The highest BCUT2D eigenvalue weighted by Crippen LogP contribution is 2.14. The molecule has 10 heteroatoms. The summed E-state index contributed by atoms with van der Waals surface area (Å²) in [6, 6.07) is 0. The van der Waals surface area contributed by atoms with E-state index in [4.69, 9.17) is 24.7 Å². The molecule has 0 radical (unpaired) electrons. The minimum Gasteiger partial charge on any atom is -0.467 e. The number of likely N-dealkylation sites (N-methyl/N-ethyl adjacent to an activating group) is 1. The van der Waals surface area contributed by atoms with Crippen molar-refractivity contribution >= 4 is 18.0 Å². The molecule has 0 spiro atoms. The summed E-state index contributed by atoms with van der Waals surface area (Å²) in [5.74, 6) is -1.40. The Bertz CT molecular complexity index is 685. The summed E-state index contributed by atoms with van der Waals surface area (Å²) in [7, 11) is 8.36. The molecule has 0 aromatic rings. The summed E-state index contributed by atoms with van der Waals surface area (Å²) in [5.41, 5.74) is 5.48. The summed E-state index contributed by atoms with van der Waals surface area (Å²) < 4.78 is 21.6. The highest BCUT2D eigenvalue weighted by atomic mass is 16.6. The van der Waals surface area contributed by atoms with E-state index in [2.05, 4.69) is 12.2 Å². The molecule has 0 aliphatic carbocycles. The van der Waals surface area contributed by atoms with Gasteiger partial charge < -0.3 is 34.5 Å². The first-order chi connectivity index (χ1) is 19.6. The van der Waals surface area contributed by atoms with Crippen molar-refractivity contribution in [3.05, 3.63) is 0 Å². The molecule has 0 heterocycles. The Morgan fingerprint density at radius 1 is 0.756 bits per heavy atom. The molecule has 0 fully saturated rings. The number of nitrogens with one attached hydrogen (secondary N) is 1. The number of alkyl carbamates (subject to hydrolysis) is 1. The van der Waals surface area contributed by atoms with Crippen molar-refractivity contribution in [2.75, 3.05) is 55.1 Å². The normalized spacial score (nSPS) is 13.8. The molecule has 3 atom stereocenters. The Morgan fingerprint density at radius 2 is 1.22 bits per heavy atom. The van der Waals surface area contributed by atoms with Crippen molar-refractivity contribution in [1.29, 1.82) is 0 Å². The molecule has 0 saturated carbocycles. The van der Waals surface area contributed by atoms with Gasteiger partial charge in [0.2, 0.25) is 12.2 Å². The number of methoxy groups -OCH3 is 2. The van der Waals surface area contributed by atoms with Crippen LogP contribution in [0.2, 0.25) is 0 Å². The van der Waals surface area contributed by atoms with Gasteiger partial charge in [0.1, 0.15) is 12.6 Å². The van der Waals surface area contributed by atoms with Crippen molar-refractivity contribution < 1.29 is 37.8 Å². The number of ether oxygens (including phenoxy) is 4. The second kappa shape index (κ2) is 24.7. The Labute approximate surface area is 249 Å². The Balaban J connectivity index is 4.10. The van der Waals surface area contributed by atoms with Gasteiger partial charge in [-0.1, -0.05) is 103 Å². The minimum atomic E-state index is -1.37. The molecule has 0 aromatic heterocycles. The predicted octanol–water partition coefficient (Wildman–Crippen LogP) is 5.11. The van der Waals surface area contributed by atoms with Gasteiger partial charge in [0.15, 0.2) is 0 Å². The Hall–Kier alpha value is -1.91. The molecule has 0 aliphatic rings. The van der Waals surface area contributed by atoms with Crippen LogP contribution in [0.15, 0.2) is 0 Å². The number of carbonyl (C=O) groups is 3. The second-order valence-corrected chi connectivity index (χ2v) is 12.1. The number of nitrogens with two attached hydrogens (primary N) is 1. The van der Waals surface area contributed by atoms with Crippen molar-refractivity contribution in [2.45, 2.75) is 128 Å². The monoisotopic (exact) mass is 588 g/mol. The molecule has 0 aromatic carbocycles. The average molecular weight is 589 g/mol. The predicted molar refractivity (Wildman–Crippen MR) is 162 cm³/mol. The molecule has 0 aliphatic heterocycles. The van der Waals surface area contributed by atoms with Crippen molar-refractivity contribution in [3.8, 4) is 0 Å². The highest BCUT2D eigenvalue weighted by Gasteiger charge is 2.34. The number of rotatable bonds is 27. The second-order valence-electron chi connectivity index (χ2n) is 12.1. The van der Waals surface area contributed by atoms with Crippen LogP contribution in [-0.2, 0) is 28.5 Å². The van der Waals surface area contributed by atoms with Gasteiger partial charge in [0.05, 0.1) is 34.9 Å². The van der Waals surface area contributed by atoms with Gasteiger partial charge in [-0.25, -0.2) is 9.59 Å². The van der Waals surface area contributed by atoms with E-state index in [-0.39, 0.29) is 6.61 Å². The third-order valence-corrected chi connectivity index (χ3v) is 7.09. The molecular formula is C31H62N3O7+. The molecule has 2 amide bonds. The smallest absolute Gasteiger partial charge is 0.408 e. The van der Waals surface area contributed by atoms with E-state index in [1.54, 1.807) is 0 Å². The maximum Gasteiger partial charge on any atom is 0.408 e. The van der Waals surface area contributed by atoms with E-state index in [9.17, 15) is 14.4 Å². The van der Waals surface area contributed by atoms with Crippen LogP contribution in [0.25, 0.3) is 0 Å². The van der Waals surface area contributed by atoms with E-state index >= 15 is 0 Å². The van der Waals surface area contributed by atoms with Gasteiger partial charge in [-0.2, -0.15) is 0 Å². The Kier molecular flexibility index (Phi) is 23.5. The molecule has 41 heavy (non-hydrogen) atoms. The standard InChI is InChI=1S/C31H61N3O7/c1-7-8-9-10-11-12-13-14-15-16-17-18-19-20-21-22-23-33-31(37)41-28(29(32)35)27(38-5)25-40-26(30(36)39-6)24-34(2,3)4/h26-28H,7-25H2,1-6H3,(H2-,32,33,35,37)/p+1. The van der Waals surface area contributed by atoms with Crippen molar-refractivity contribution in [2.24, 2.45) is 5.73 Å². The number of primary amides is 1. The van der Waals surface area contributed by atoms with Crippen LogP contribution in [0.4, 0.5) is 4.79 Å². The topological polar surface area (TPSA) is 126 Å². The van der Waals surface area contributed by atoms with Crippen LogP contribution in [0.1, 0.15) is 110 Å². The molecule has 0 saturated heterocycles. The van der Waals surface area contributed by atoms with Gasteiger partial charge in [0, 0.05) is 13.7 Å². The van der Waals surface area contributed by atoms with Gasteiger partial charge in [-0.05, 0) is 6.42 Å². The summed E-state index contributed by atoms with van der Waals surface area (Å²) in [6.45, 7) is 2.86. The number of hydrogen-bond donors (Lipinski definition) is 2. The zero-order chi connectivity index (χ0) is 30.9. The first-order valence-electron chi connectivity index (χ1n) is 15.8. The number of hydrogen-bond acceptors (Lipinski definition) is 7. The largest absolute Gasteiger partial charge is 0.467 e. The van der Waals surface area contributed by atoms with Crippen LogP contribution in [0, 0.1) is 0 Å². The fourth-order valence-corrected chi connectivity index (χ4v) is 4.65. The Morgan fingerprint density at radius 3 is 1.61 bits per heavy atom. The molecule has 10 nitrogen and oxygen atoms in total. The number of quaternary nitrogens is 1. The third kappa shape index (κ3) is 22.4. The SMILES string of the molecule is CCCCCCCCCCCCCCCCCCNC(=O)OC(C(N)=O)C(COC(C[N+](C)(C)C)C(=O)OC)OC. The fraction of sp³-hybridized carbons (Fsp3) is 0.903. The van der Waals surface area contributed by atoms with E-state index in [0.29, 0.717) is 17.6 Å². The van der Waals surface area contributed by atoms with Gasteiger partial charge in [-0.3, -0.25) is 4.79 Å². The van der Waals surface area contributed by atoms with Gasteiger partial charge in [-0.15, -0.1) is 0 Å². The molecule has 0 rings (SSSR count). The summed E-state index contributed by atoms with van der Waals surface area (Å²) in [6.07, 6.45) is 16.5. The molecular weight excluding hydrogens is 526 g/mol. The molecule has 3 N–H and O–H groups in total. The first kappa shape index (κ1) is 39.1. The zero-order valence-corrected chi connectivity index (χ0v) is 27.0. The number of nitrogens with zero attached hydrogens (tertiary/aromatic N) is 1. The number of amides is 2. The summed E-state index contributed by atoms with van der Waals surface area (Å²) in [5, 5.41) is 2.68. The van der Waals surface area contributed by atoms with Crippen LogP contribution in [-0.4, -0.2) is 95.8 Å². The van der Waals surface area contributed by atoms with Gasteiger partial charge in [0.25, 0.3) is 5.91 Å². The maximum atomic E-state index is 12.3. The average Bonchev–Trinajstić information content (AvgIpc) is 2.92. The third-order valence-electron chi connectivity index (χ3n) is 7.09. The van der Waals surface area contributed by atoms with Gasteiger partial charge >= 0.3 is 12.1 Å². The van der Waals surface area contributed by atoms with E-state index in [1.807, 2.05) is 21.1 Å². The van der Waals surface area contributed by atoms with Crippen LogP contribution < -0.4 is 11.1 Å². The fourth-order valence-electron chi connectivity index (χ4n) is 4.65. The number of esters is 1. The van der Waals surface area contributed by atoms with E-state index < -0.39 is 36.3 Å². The lowest BCUT2D eigenvalue weighted by molar-refractivity contribution is -0.872. The van der Waals surface area contributed by atoms with Crippen LogP contribution in [0.5, 0.6) is 0 Å². The van der Waals surface area contributed by atoms with Crippen molar-refractivity contribution in [1.82, 2.24) is 5.32 Å². The van der Waals surface area contributed by atoms with Crippen LogP contribution >= 0.6 is 0 Å². The molecule has 3 unspecified atom stereocenters. The lowest BCUT2D eigenvalue weighted by Crippen LogP contribution is -2.50. The molecule has 0 bridgehead atoms. The van der Waals surface area contributed by atoms with Crippen molar-refractivity contribution in [3.63, 3.8) is 0 Å². The van der Waals surface area contributed by atoms with E-state index in [0.717, 1.165) is 19.3 Å². The summed E-state index contributed by atoms with van der Waals surface area (Å²) >= 11 is 0. The minimum absolute atomic E-state index is 0.184. The van der Waals surface area contributed by atoms with E-state index in [1.165, 1.54) is 97.7 Å². The lowest BCUT2D eigenvalue weighted by atomic mass is 10.0. The molecule has 242 valence electrons. The quantitative estimate of drug-likeness (QED) is 0.0776. The summed E-state index contributed by atoms with van der Waals surface area (Å²) in [4.78, 5) is 36.4. The first-order valence-corrected chi connectivity index (χ1v) is 15.8. The number of unbranched alkanes of at least 4 members (excludes halogenated alkanes) is 15.